The molecule has 1 rings (SSSR count). The summed E-state index contributed by atoms with van der Waals surface area (Å²) in [6.45, 7) is 6.58. The molecular formula is C8H16N2. The molecule has 0 saturated heterocycles. The van der Waals surface area contributed by atoms with E-state index in [0.717, 1.165) is 0 Å². The molecular weight excluding hydrogens is 124 g/mol. The molecule has 1 N–H and O–H groups in total. The second kappa shape index (κ2) is 2.52. The minimum atomic E-state index is 0.470. The minimum absolute atomic E-state index is 0.470. The number of hydrogen-bond acceptors (Lipinski definition) is 2. The molecule has 2 nitrogen and oxygen atoms in total. The molecule has 0 amide bonds. The molecule has 0 radical (unpaired) electrons. The van der Waals surface area contributed by atoms with Crippen LogP contribution in [0.5, 0.6) is 0 Å². The SMILES string of the molecule is CC(C)C1=CNC(C)N1C. The highest BCUT2D eigenvalue weighted by Crippen LogP contribution is 2.18. The van der Waals surface area contributed by atoms with Gasteiger partial charge in [0.05, 0.1) is 6.17 Å². The average Bonchev–Trinajstić information content (AvgIpc) is 2.14. The van der Waals surface area contributed by atoms with E-state index < -0.39 is 0 Å². The Bertz CT molecular complexity index is 149. The maximum Gasteiger partial charge on any atom is 0.0951 e. The van der Waals surface area contributed by atoms with Crippen LogP contribution in [0, 0.1) is 5.92 Å². The summed E-state index contributed by atoms with van der Waals surface area (Å²) in [7, 11) is 2.12. The highest BCUT2D eigenvalue weighted by atomic mass is 15.3. The van der Waals surface area contributed by atoms with E-state index in [-0.39, 0.29) is 0 Å². The molecule has 1 heterocycles. The number of hydrogen-bond donors (Lipinski definition) is 1. The van der Waals surface area contributed by atoms with Crippen molar-refractivity contribution in [2.75, 3.05) is 7.05 Å². The molecule has 0 saturated carbocycles. The lowest BCUT2D eigenvalue weighted by Gasteiger charge is -2.23. The van der Waals surface area contributed by atoms with Crippen molar-refractivity contribution in [3.8, 4) is 0 Å². The van der Waals surface area contributed by atoms with Gasteiger partial charge in [-0.3, -0.25) is 0 Å². The van der Waals surface area contributed by atoms with Gasteiger partial charge in [-0.25, -0.2) is 0 Å². The third kappa shape index (κ3) is 1.11. The third-order valence-electron chi connectivity index (χ3n) is 2.05. The Morgan fingerprint density at radius 1 is 1.60 bits per heavy atom. The van der Waals surface area contributed by atoms with Gasteiger partial charge in [0.1, 0.15) is 0 Å². The standard InChI is InChI=1S/C8H16N2/c1-6(2)8-5-9-7(3)10(8)4/h5-7,9H,1-4H3. The fourth-order valence-electron chi connectivity index (χ4n) is 1.22. The van der Waals surface area contributed by atoms with Gasteiger partial charge in [0, 0.05) is 18.9 Å². The van der Waals surface area contributed by atoms with E-state index in [9.17, 15) is 0 Å². The van der Waals surface area contributed by atoms with Gasteiger partial charge in [-0.1, -0.05) is 13.8 Å². The second-order valence-electron chi connectivity index (χ2n) is 3.18. The third-order valence-corrected chi connectivity index (χ3v) is 2.05. The van der Waals surface area contributed by atoms with Crippen LogP contribution in [-0.2, 0) is 0 Å². The Morgan fingerprint density at radius 3 is 2.40 bits per heavy atom. The van der Waals surface area contributed by atoms with Crippen LogP contribution in [0.3, 0.4) is 0 Å². The molecule has 10 heavy (non-hydrogen) atoms. The van der Waals surface area contributed by atoms with Gasteiger partial charge in [-0.15, -0.1) is 0 Å². The maximum absolute atomic E-state index is 3.26. The van der Waals surface area contributed by atoms with Crippen molar-refractivity contribution in [2.45, 2.75) is 26.9 Å². The summed E-state index contributed by atoms with van der Waals surface area (Å²) in [5, 5.41) is 3.26. The highest BCUT2D eigenvalue weighted by molar-refractivity contribution is 5.08. The molecule has 0 spiro atoms. The van der Waals surface area contributed by atoms with Crippen molar-refractivity contribution in [2.24, 2.45) is 5.92 Å². The highest BCUT2D eigenvalue weighted by Gasteiger charge is 2.19. The Kier molecular flexibility index (Phi) is 1.88. The van der Waals surface area contributed by atoms with E-state index in [2.05, 4.69) is 44.2 Å². The monoisotopic (exact) mass is 140 g/mol. The fraction of sp³-hybridized carbons (Fsp3) is 0.750. The quantitative estimate of drug-likeness (QED) is 0.591. The van der Waals surface area contributed by atoms with Crippen LogP contribution >= 0.6 is 0 Å². The van der Waals surface area contributed by atoms with Crippen LogP contribution in [-0.4, -0.2) is 18.1 Å². The molecule has 0 aliphatic carbocycles. The van der Waals surface area contributed by atoms with Crippen molar-refractivity contribution >= 4 is 0 Å². The first kappa shape index (κ1) is 7.45. The first-order chi connectivity index (χ1) is 4.63. The average molecular weight is 140 g/mol. The Morgan fingerprint density at radius 2 is 2.20 bits per heavy atom. The van der Waals surface area contributed by atoms with Gasteiger partial charge in [-0.05, 0) is 12.8 Å². The van der Waals surface area contributed by atoms with Gasteiger partial charge in [0.2, 0.25) is 0 Å². The van der Waals surface area contributed by atoms with Crippen LogP contribution in [0.1, 0.15) is 20.8 Å². The van der Waals surface area contributed by atoms with E-state index in [0.29, 0.717) is 12.1 Å². The van der Waals surface area contributed by atoms with E-state index in [1.807, 2.05) is 0 Å². The lowest BCUT2D eigenvalue weighted by atomic mass is 10.1. The first-order valence-electron chi connectivity index (χ1n) is 3.82. The number of nitrogens with zero attached hydrogens (tertiary/aromatic N) is 1. The molecule has 0 bridgehead atoms. The molecule has 1 aliphatic heterocycles. The van der Waals surface area contributed by atoms with Crippen LogP contribution in [0.25, 0.3) is 0 Å². The number of rotatable bonds is 1. The van der Waals surface area contributed by atoms with E-state index in [1.165, 1.54) is 5.70 Å². The molecule has 1 atom stereocenters. The zero-order chi connectivity index (χ0) is 7.72. The Hall–Kier alpha value is -0.660. The lowest BCUT2D eigenvalue weighted by Crippen LogP contribution is -2.31. The second-order valence-corrected chi connectivity index (χ2v) is 3.18. The molecule has 2 heteroatoms. The normalized spacial score (nSPS) is 25.1. The van der Waals surface area contributed by atoms with Crippen LogP contribution in [0.2, 0.25) is 0 Å². The molecule has 1 unspecified atom stereocenters. The van der Waals surface area contributed by atoms with Gasteiger partial charge in [-0.2, -0.15) is 0 Å². The van der Waals surface area contributed by atoms with Crippen molar-refractivity contribution in [1.82, 2.24) is 10.2 Å². The smallest absolute Gasteiger partial charge is 0.0951 e. The van der Waals surface area contributed by atoms with Crippen molar-refractivity contribution in [1.29, 1.82) is 0 Å². The topological polar surface area (TPSA) is 15.3 Å². The zero-order valence-corrected chi connectivity index (χ0v) is 7.18. The Balaban J connectivity index is 2.62. The van der Waals surface area contributed by atoms with Gasteiger partial charge in [0.15, 0.2) is 0 Å². The van der Waals surface area contributed by atoms with E-state index in [4.69, 9.17) is 0 Å². The van der Waals surface area contributed by atoms with Crippen molar-refractivity contribution < 1.29 is 0 Å². The van der Waals surface area contributed by atoms with E-state index in [1.54, 1.807) is 0 Å². The molecule has 1 aliphatic rings. The summed E-state index contributed by atoms with van der Waals surface area (Å²) in [5.41, 5.74) is 1.40. The maximum atomic E-state index is 3.26. The summed E-state index contributed by atoms with van der Waals surface area (Å²) in [4.78, 5) is 2.27. The molecule has 0 aromatic heterocycles. The van der Waals surface area contributed by atoms with Crippen LogP contribution < -0.4 is 5.32 Å². The summed E-state index contributed by atoms with van der Waals surface area (Å²) in [6.07, 6.45) is 2.58. The van der Waals surface area contributed by atoms with Crippen LogP contribution in [0.4, 0.5) is 0 Å². The summed E-state index contributed by atoms with van der Waals surface area (Å²) >= 11 is 0. The number of nitrogens with one attached hydrogen (secondary N) is 1. The lowest BCUT2D eigenvalue weighted by molar-refractivity contribution is 0.309. The largest absolute Gasteiger partial charge is 0.370 e. The zero-order valence-electron chi connectivity index (χ0n) is 7.18. The molecule has 58 valence electrons. The van der Waals surface area contributed by atoms with Crippen molar-refractivity contribution in [3.05, 3.63) is 11.9 Å². The molecule has 0 aromatic carbocycles. The predicted octanol–water partition coefficient (Wildman–Crippen LogP) is 1.36. The minimum Gasteiger partial charge on any atom is -0.370 e. The fourth-order valence-corrected chi connectivity index (χ4v) is 1.22. The van der Waals surface area contributed by atoms with Gasteiger partial charge >= 0.3 is 0 Å². The first-order valence-corrected chi connectivity index (χ1v) is 3.82. The van der Waals surface area contributed by atoms with Crippen LogP contribution in [0.15, 0.2) is 11.9 Å². The van der Waals surface area contributed by atoms with Gasteiger partial charge < -0.3 is 10.2 Å². The summed E-state index contributed by atoms with van der Waals surface area (Å²) in [5.74, 6) is 0.627. The van der Waals surface area contributed by atoms with Gasteiger partial charge in [0.25, 0.3) is 0 Å². The van der Waals surface area contributed by atoms with E-state index >= 15 is 0 Å². The summed E-state index contributed by atoms with van der Waals surface area (Å²) < 4.78 is 0. The van der Waals surface area contributed by atoms with Crippen molar-refractivity contribution in [3.63, 3.8) is 0 Å². The molecule has 0 fully saturated rings. The Labute approximate surface area is 62.9 Å². The predicted molar refractivity (Wildman–Crippen MR) is 43.3 cm³/mol. The number of allylic oxidation sites excluding steroid dienone is 1. The summed E-state index contributed by atoms with van der Waals surface area (Å²) in [6, 6.07) is 0. The molecule has 0 aromatic rings.